The van der Waals surface area contributed by atoms with Crippen LogP contribution in [-0.2, 0) is 6.54 Å². The Morgan fingerprint density at radius 1 is 1.27 bits per heavy atom. The van der Waals surface area contributed by atoms with E-state index in [9.17, 15) is 4.79 Å². The highest BCUT2D eigenvalue weighted by atomic mass is 79.9. The zero-order chi connectivity index (χ0) is 19.3. The fourth-order valence-electron chi connectivity index (χ4n) is 2.32. The van der Waals surface area contributed by atoms with E-state index < -0.39 is 5.97 Å². The Kier molecular flexibility index (Phi) is 7.17. The molecule has 0 saturated heterocycles. The lowest BCUT2D eigenvalue weighted by molar-refractivity contribution is 0.0697. The summed E-state index contributed by atoms with van der Waals surface area (Å²) in [7, 11) is 0. The molecule has 0 aromatic heterocycles. The van der Waals surface area contributed by atoms with Crippen LogP contribution in [0.15, 0.2) is 34.8 Å². The average molecular weight is 443 g/mol. The summed E-state index contributed by atoms with van der Waals surface area (Å²) in [5, 5.41) is 12.5. The van der Waals surface area contributed by atoms with Gasteiger partial charge in [0.15, 0.2) is 11.5 Å². The van der Waals surface area contributed by atoms with Crippen molar-refractivity contribution in [2.45, 2.75) is 33.4 Å². The van der Waals surface area contributed by atoms with Gasteiger partial charge in [0.2, 0.25) is 0 Å². The van der Waals surface area contributed by atoms with Crippen LogP contribution in [0, 0.1) is 0 Å². The van der Waals surface area contributed by atoms with Gasteiger partial charge in [0, 0.05) is 16.7 Å². The van der Waals surface area contributed by atoms with E-state index in [1.54, 1.807) is 12.1 Å². The highest BCUT2D eigenvalue weighted by Gasteiger charge is 2.13. The highest BCUT2D eigenvalue weighted by Crippen LogP contribution is 2.35. The second-order valence-electron chi connectivity index (χ2n) is 5.84. The van der Waals surface area contributed by atoms with Crippen molar-refractivity contribution < 1.29 is 19.4 Å². The largest absolute Gasteiger partial charge is 0.490 e. The van der Waals surface area contributed by atoms with Crippen LogP contribution in [0.5, 0.6) is 11.5 Å². The van der Waals surface area contributed by atoms with Gasteiger partial charge in [0.25, 0.3) is 0 Å². The lowest BCUT2D eigenvalue weighted by Crippen LogP contribution is -2.09. The summed E-state index contributed by atoms with van der Waals surface area (Å²) in [5.41, 5.74) is 1.78. The molecule has 0 amide bonds. The number of hydrogen-bond donors (Lipinski definition) is 2. The van der Waals surface area contributed by atoms with Gasteiger partial charge in [-0.3, -0.25) is 0 Å². The number of carbonyl (C=O) groups is 1. The zero-order valence-corrected chi connectivity index (χ0v) is 17.1. The monoisotopic (exact) mass is 441 g/mol. The fraction of sp³-hybridized carbons (Fsp3) is 0.316. The molecular formula is C19H21BrClNO4. The molecule has 2 aromatic rings. The van der Waals surface area contributed by atoms with Gasteiger partial charge >= 0.3 is 5.97 Å². The number of carboxylic acids is 1. The molecule has 0 aliphatic carbocycles. The van der Waals surface area contributed by atoms with Gasteiger partial charge in [0.1, 0.15) is 0 Å². The molecule has 0 aliphatic heterocycles. The first-order valence-electron chi connectivity index (χ1n) is 8.20. The van der Waals surface area contributed by atoms with E-state index in [0.717, 1.165) is 15.7 Å². The van der Waals surface area contributed by atoms with Crippen LogP contribution in [0.3, 0.4) is 0 Å². The summed E-state index contributed by atoms with van der Waals surface area (Å²) in [6.07, 6.45) is 0.0416. The number of halogens is 2. The van der Waals surface area contributed by atoms with E-state index in [4.69, 9.17) is 26.2 Å². The molecule has 0 atom stereocenters. The first kappa shape index (κ1) is 20.4. The van der Waals surface area contributed by atoms with Gasteiger partial charge in [-0.05, 0) is 56.7 Å². The molecule has 2 rings (SSSR count). The number of carboxylic acid groups (broad SMARTS) is 1. The quantitative estimate of drug-likeness (QED) is 0.557. The first-order chi connectivity index (χ1) is 12.3. The molecule has 0 bridgehead atoms. The molecule has 2 N–H and O–H groups in total. The van der Waals surface area contributed by atoms with E-state index >= 15 is 0 Å². The normalized spacial score (nSPS) is 10.7. The summed E-state index contributed by atoms with van der Waals surface area (Å²) in [6, 6.07) is 8.57. The molecule has 0 unspecified atom stereocenters. The Balaban J connectivity index is 2.19. The third-order valence-electron chi connectivity index (χ3n) is 3.46. The lowest BCUT2D eigenvalue weighted by atomic mass is 10.1. The number of ether oxygens (including phenoxy) is 2. The number of anilines is 1. The molecule has 0 saturated carbocycles. The van der Waals surface area contributed by atoms with E-state index in [1.165, 1.54) is 6.07 Å². The molecular weight excluding hydrogens is 422 g/mol. The van der Waals surface area contributed by atoms with Crippen molar-refractivity contribution in [3.63, 3.8) is 0 Å². The van der Waals surface area contributed by atoms with Crippen molar-refractivity contribution >= 4 is 39.2 Å². The van der Waals surface area contributed by atoms with Crippen LogP contribution in [0.2, 0.25) is 5.02 Å². The SMILES string of the molecule is CCOc1cc(CNc2ccc(C(=O)O)c(Cl)c2)c(Br)cc1OC(C)C. The number of hydrogen-bond acceptors (Lipinski definition) is 4. The topological polar surface area (TPSA) is 67.8 Å². The maximum atomic E-state index is 11.0. The third kappa shape index (κ3) is 5.29. The molecule has 2 aromatic carbocycles. The molecule has 0 heterocycles. The smallest absolute Gasteiger partial charge is 0.337 e. The Labute approximate surface area is 166 Å². The Morgan fingerprint density at radius 2 is 2.00 bits per heavy atom. The van der Waals surface area contributed by atoms with Crippen molar-refractivity contribution in [2.24, 2.45) is 0 Å². The maximum absolute atomic E-state index is 11.0. The summed E-state index contributed by atoms with van der Waals surface area (Å²) < 4.78 is 12.4. The molecule has 140 valence electrons. The van der Waals surface area contributed by atoms with E-state index in [2.05, 4.69) is 21.2 Å². The van der Waals surface area contributed by atoms with Gasteiger partial charge < -0.3 is 19.9 Å². The van der Waals surface area contributed by atoms with Gasteiger partial charge in [-0.1, -0.05) is 27.5 Å². The van der Waals surface area contributed by atoms with Crippen molar-refractivity contribution in [1.82, 2.24) is 0 Å². The number of rotatable bonds is 8. The summed E-state index contributed by atoms with van der Waals surface area (Å²) in [4.78, 5) is 11.0. The van der Waals surface area contributed by atoms with Gasteiger partial charge in [-0.15, -0.1) is 0 Å². The van der Waals surface area contributed by atoms with Crippen molar-refractivity contribution in [1.29, 1.82) is 0 Å². The minimum Gasteiger partial charge on any atom is -0.490 e. The van der Waals surface area contributed by atoms with Crippen LogP contribution >= 0.6 is 27.5 Å². The number of nitrogens with one attached hydrogen (secondary N) is 1. The van der Waals surface area contributed by atoms with E-state index in [-0.39, 0.29) is 16.7 Å². The van der Waals surface area contributed by atoms with E-state index in [0.29, 0.717) is 24.7 Å². The number of aromatic carboxylic acids is 1. The molecule has 0 fully saturated rings. The third-order valence-corrected chi connectivity index (χ3v) is 4.51. The average Bonchev–Trinajstić information content (AvgIpc) is 2.55. The maximum Gasteiger partial charge on any atom is 0.337 e. The molecule has 26 heavy (non-hydrogen) atoms. The highest BCUT2D eigenvalue weighted by molar-refractivity contribution is 9.10. The van der Waals surface area contributed by atoms with Crippen LogP contribution < -0.4 is 14.8 Å². The molecule has 7 heteroatoms. The van der Waals surface area contributed by atoms with Crippen LogP contribution in [0.4, 0.5) is 5.69 Å². The minimum absolute atomic E-state index is 0.0416. The standard InChI is InChI=1S/C19H21BrClNO4/c1-4-25-17-7-12(15(20)9-18(17)26-11(2)3)10-22-13-5-6-14(19(23)24)16(21)8-13/h5-9,11,22H,4,10H2,1-3H3,(H,23,24). The van der Waals surface area contributed by atoms with Crippen LogP contribution in [-0.4, -0.2) is 23.8 Å². The van der Waals surface area contributed by atoms with Crippen molar-refractivity contribution in [3.8, 4) is 11.5 Å². The fourth-order valence-corrected chi connectivity index (χ4v) is 3.05. The second-order valence-corrected chi connectivity index (χ2v) is 7.10. The van der Waals surface area contributed by atoms with Gasteiger partial charge in [-0.25, -0.2) is 4.79 Å². The minimum atomic E-state index is -1.05. The number of benzene rings is 2. The van der Waals surface area contributed by atoms with Crippen molar-refractivity contribution in [2.75, 3.05) is 11.9 Å². The predicted molar refractivity (Wildman–Crippen MR) is 107 cm³/mol. The van der Waals surface area contributed by atoms with E-state index in [1.807, 2.05) is 32.9 Å². The molecule has 0 aliphatic rings. The summed E-state index contributed by atoms with van der Waals surface area (Å²) in [6.45, 7) is 6.89. The Bertz CT molecular complexity index is 795. The molecule has 0 radical (unpaired) electrons. The second kappa shape index (κ2) is 9.14. The Hall–Kier alpha value is -1.92. The van der Waals surface area contributed by atoms with Crippen molar-refractivity contribution in [3.05, 3.63) is 51.0 Å². The van der Waals surface area contributed by atoms with Gasteiger partial charge in [-0.2, -0.15) is 0 Å². The first-order valence-corrected chi connectivity index (χ1v) is 9.37. The summed E-state index contributed by atoms with van der Waals surface area (Å²) >= 11 is 9.57. The lowest BCUT2D eigenvalue weighted by Gasteiger charge is -2.17. The zero-order valence-electron chi connectivity index (χ0n) is 14.8. The van der Waals surface area contributed by atoms with Crippen LogP contribution in [0.25, 0.3) is 0 Å². The van der Waals surface area contributed by atoms with Gasteiger partial charge in [0.05, 0.1) is 23.3 Å². The molecule has 0 spiro atoms. The predicted octanol–water partition coefficient (Wildman–Crippen LogP) is 5.60. The Morgan fingerprint density at radius 3 is 2.58 bits per heavy atom. The van der Waals surface area contributed by atoms with Crippen LogP contribution in [0.1, 0.15) is 36.7 Å². The summed E-state index contributed by atoms with van der Waals surface area (Å²) in [5.74, 6) is 0.318. The molecule has 5 nitrogen and oxygen atoms in total.